The number of ether oxygens (including phenoxy) is 2. The first kappa shape index (κ1) is 16.3. The van der Waals surface area contributed by atoms with Crippen molar-refractivity contribution >= 4 is 11.0 Å². The summed E-state index contributed by atoms with van der Waals surface area (Å²) in [6.45, 7) is 3.11. The number of fused-ring (bicyclic) bond motifs is 1. The van der Waals surface area contributed by atoms with Crippen LogP contribution in [-0.2, 0) is 4.74 Å². The van der Waals surface area contributed by atoms with E-state index in [1.165, 1.54) is 19.3 Å². The maximum absolute atomic E-state index is 10.7. The number of hydrogen-bond donors (Lipinski definition) is 1. The topological polar surface area (TPSA) is 51.8 Å². The number of aliphatic hydroxyl groups excluding tert-OH is 1. The monoisotopic (exact) mass is 318 g/mol. The molecule has 0 spiro atoms. The van der Waals surface area contributed by atoms with Crippen LogP contribution in [0.2, 0.25) is 0 Å². The van der Waals surface area contributed by atoms with Crippen LogP contribution in [0.15, 0.2) is 22.6 Å². The minimum absolute atomic E-state index is 0.320. The Balaban J connectivity index is 1.82. The van der Waals surface area contributed by atoms with Crippen molar-refractivity contribution < 1.29 is 19.0 Å². The largest absolute Gasteiger partial charge is 0.491 e. The van der Waals surface area contributed by atoms with E-state index in [-0.39, 0.29) is 0 Å². The van der Waals surface area contributed by atoms with E-state index in [4.69, 9.17) is 13.9 Å². The fraction of sp³-hybridized carbons (Fsp3) is 0.579. The van der Waals surface area contributed by atoms with E-state index < -0.39 is 6.10 Å². The van der Waals surface area contributed by atoms with Crippen LogP contribution in [0.5, 0.6) is 5.75 Å². The molecule has 1 heterocycles. The number of aryl methyl sites for hydroxylation is 1. The molecule has 126 valence electrons. The van der Waals surface area contributed by atoms with E-state index in [0.717, 1.165) is 40.9 Å². The van der Waals surface area contributed by atoms with Crippen molar-refractivity contribution in [2.45, 2.75) is 45.1 Å². The fourth-order valence-corrected chi connectivity index (χ4v) is 3.50. The summed E-state index contributed by atoms with van der Waals surface area (Å²) in [7, 11) is 1.66. The third kappa shape index (κ3) is 3.54. The van der Waals surface area contributed by atoms with Crippen LogP contribution in [-0.4, -0.2) is 25.4 Å². The van der Waals surface area contributed by atoms with Crippen molar-refractivity contribution in [3.05, 3.63) is 29.5 Å². The van der Waals surface area contributed by atoms with Gasteiger partial charge in [-0.2, -0.15) is 0 Å². The van der Waals surface area contributed by atoms with Crippen molar-refractivity contribution in [3.63, 3.8) is 0 Å². The van der Waals surface area contributed by atoms with Crippen molar-refractivity contribution in [1.29, 1.82) is 0 Å². The van der Waals surface area contributed by atoms with Crippen molar-refractivity contribution in [2.24, 2.45) is 5.92 Å². The number of rotatable bonds is 6. The Bertz CT molecular complexity index is 640. The molecule has 1 unspecified atom stereocenters. The van der Waals surface area contributed by atoms with Gasteiger partial charge in [0.05, 0.1) is 6.61 Å². The summed E-state index contributed by atoms with van der Waals surface area (Å²) in [5.74, 6) is 1.85. The smallest absolute Gasteiger partial charge is 0.136 e. The molecule has 3 rings (SSSR count). The highest BCUT2D eigenvalue weighted by Gasteiger charge is 2.27. The van der Waals surface area contributed by atoms with E-state index in [2.05, 4.69) is 0 Å². The van der Waals surface area contributed by atoms with E-state index in [9.17, 15) is 5.11 Å². The molecule has 1 aliphatic rings. The zero-order chi connectivity index (χ0) is 16.2. The predicted molar refractivity (Wildman–Crippen MR) is 89.9 cm³/mol. The SMILES string of the molecule is COCCOc1ccc2oc(C(O)C3CCCCC3)c(C)c2c1. The standard InChI is InChI=1S/C19H26O4/c1-13-16-12-15(22-11-10-21-2)8-9-17(16)23-19(13)18(20)14-6-4-3-5-7-14/h8-9,12,14,18,20H,3-7,10-11H2,1-2H3. The highest BCUT2D eigenvalue weighted by molar-refractivity contribution is 5.83. The molecule has 4 heteroatoms. The number of methoxy groups -OCH3 is 1. The molecule has 2 aromatic rings. The first-order valence-electron chi connectivity index (χ1n) is 8.53. The van der Waals surface area contributed by atoms with Crippen LogP contribution in [0, 0.1) is 12.8 Å². The summed E-state index contributed by atoms with van der Waals surface area (Å²) >= 11 is 0. The maximum Gasteiger partial charge on any atom is 0.136 e. The van der Waals surface area contributed by atoms with Gasteiger partial charge in [-0.15, -0.1) is 0 Å². The van der Waals surface area contributed by atoms with Crippen molar-refractivity contribution in [3.8, 4) is 5.75 Å². The lowest BCUT2D eigenvalue weighted by molar-refractivity contribution is 0.0661. The summed E-state index contributed by atoms with van der Waals surface area (Å²) in [5.41, 5.74) is 1.83. The second kappa shape index (κ2) is 7.37. The summed E-state index contributed by atoms with van der Waals surface area (Å²) in [6, 6.07) is 5.81. The van der Waals surface area contributed by atoms with Crippen LogP contribution in [0.3, 0.4) is 0 Å². The zero-order valence-corrected chi connectivity index (χ0v) is 14.0. The van der Waals surface area contributed by atoms with Gasteiger partial charge in [0.15, 0.2) is 0 Å². The van der Waals surface area contributed by atoms with Gasteiger partial charge >= 0.3 is 0 Å². The molecule has 0 saturated heterocycles. The van der Waals surface area contributed by atoms with Crippen LogP contribution in [0.4, 0.5) is 0 Å². The molecule has 0 radical (unpaired) electrons. The molecule has 1 N–H and O–H groups in total. The number of furan rings is 1. The average molecular weight is 318 g/mol. The molecule has 0 aliphatic heterocycles. The first-order chi connectivity index (χ1) is 11.2. The quantitative estimate of drug-likeness (QED) is 0.803. The summed E-state index contributed by atoms with van der Waals surface area (Å²) < 4.78 is 16.6. The fourth-order valence-electron chi connectivity index (χ4n) is 3.50. The van der Waals surface area contributed by atoms with Gasteiger partial charge in [0.2, 0.25) is 0 Å². The highest BCUT2D eigenvalue weighted by atomic mass is 16.5. The Kier molecular flexibility index (Phi) is 5.23. The van der Waals surface area contributed by atoms with Gasteiger partial charge in [-0.25, -0.2) is 0 Å². The van der Waals surface area contributed by atoms with E-state index in [0.29, 0.717) is 19.1 Å². The maximum atomic E-state index is 10.7. The molecule has 1 atom stereocenters. The van der Waals surface area contributed by atoms with Gasteiger partial charge < -0.3 is 19.0 Å². The van der Waals surface area contributed by atoms with Crippen LogP contribution >= 0.6 is 0 Å². The molecule has 1 fully saturated rings. The molecule has 0 bridgehead atoms. The van der Waals surface area contributed by atoms with Crippen LogP contribution in [0.25, 0.3) is 11.0 Å². The third-order valence-electron chi connectivity index (χ3n) is 4.87. The molecule has 1 aliphatic carbocycles. The summed E-state index contributed by atoms with van der Waals surface area (Å²) in [6.07, 6.45) is 5.37. The molecule has 4 nitrogen and oxygen atoms in total. The Labute approximate surface area is 137 Å². The molecule has 1 saturated carbocycles. The Hall–Kier alpha value is -1.52. The molecule has 0 amide bonds. The Morgan fingerprint density at radius 1 is 1.22 bits per heavy atom. The lowest BCUT2D eigenvalue weighted by Gasteiger charge is -2.25. The average Bonchev–Trinajstić information content (AvgIpc) is 2.92. The van der Waals surface area contributed by atoms with Crippen molar-refractivity contribution in [2.75, 3.05) is 20.3 Å². The van der Waals surface area contributed by atoms with Crippen molar-refractivity contribution in [1.82, 2.24) is 0 Å². The molecule has 1 aromatic carbocycles. The predicted octanol–water partition coefficient (Wildman–Crippen LogP) is 4.38. The summed E-state index contributed by atoms with van der Waals surface area (Å²) in [4.78, 5) is 0. The normalized spacial score (nSPS) is 17.5. The van der Waals surface area contributed by atoms with Crippen LogP contribution in [0.1, 0.15) is 49.5 Å². The van der Waals surface area contributed by atoms with Gasteiger partial charge in [-0.1, -0.05) is 19.3 Å². The lowest BCUT2D eigenvalue weighted by Crippen LogP contribution is -2.16. The number of hydrogen-bond acceptors (Lipinski definition) is 4. The van der Waals surface area contributed by atoms with Crippen LogP contribution < -0.4 is 4.74 Å². The molecular weight excluding hydrogens is 292 g/mol. The lowest BCUT2D eigenvalue weighted by atomic mass is 9.84. The minimum Gasteiger partial charge on any atom is -0.491 e. The Morgan fingerprint density at radius 3 is 2.74 bits per heavy atom. The van der Waals surface area contributed by atoms with E-state index in [1.54, 1.807) is 7.11 Å². The van der Waals surface area contributed by atoms with E-state index >= 15 is 0 Å². The van der Waals surface area contributed by atoms with Gasteiger partial charge in [0.1, 0.15) is 29.8 Å². The minimum atomic E-state index is -0.499. The second-order valence-electron chi connectivity index (χ2n) is 6.43. The number of benzene rings is 1. The second-order valence-corrected chi connectivity index (χ2v) is 6.43. The van der Waals surface area contributed by atoms with Gasteiger partial charge in [0, 0.05) is 18.1 Å². The third-order valence-corrected chi connectivity index (χ3v) is 4.87. The van der Waals surface area contributed by atoms with Gasteiger partial charge in [-0.3, -0.25) is 0 Å². The van der Waals surface area contributed by atoms with E-state index in [1.807, 2.05) is 25.1 Å². The highest BCUT2D eigenvalue weighted by Crippen LogP contribution is 2.39. The van der Waals surface area contributed by atoms with Gasteiger partial charge in [0.25, 0.3) is 0 Å². The van der Waals surface area contributed by atoms with Gasteiger partial charge in [-0.05, 0) is 43.9 Å². The molecule has 23 heavy (non-hydrogen) atoms. The Morgan fingerprint density at radius 2 is 2.00 bits per heavy atom. The number of aliphatic hydroxyl groups is 1. The first-order valence-corrected chi connectivity index (χ1v) is 8.53. The molecule has 1 aromatic heterocycles. The zero-order valence-electron chi connectivity index (χ0n) is 14.0. The summed E-state index contributed by atoms with van der Waals surface area (Å²) in [5, 5.41) is 11.7. The molecular formula is C19H26O4.